The van der Waals surface area contributed by atoms with Gasteiger partial charge in [-0.15, -0.1) is 0 Å². The van der Waals surface area contributed by atoms with E-state index in [1.54, 1.807) is 24.3 Å². The van der Waals surface area contributed by atoms with Gasteiger partial charge in [-0.1, -0.05) is 29.8 Å². The number of Topliss-reactive ketones (excluding diaryl/α,β-unsaturated/α-hetero) is 1. The lowest BCUT2D eigenvalue weighted by molar-refractivity contribution is -0.123. The number of carbonyl (C=O) groups is 4. The Balaban J connectivity index is 1.18. The van der Waals surface area contributed by atoms with Crippen molar-refractivity contribution in [1.29, 1.82) is 0 Å². The summed E-state index contributed by atoms with van der Waals surface area (Å²) in [6.07, 6.45) is 0.102. The zero-order valence-corrected chi connectivity index (χ0v) is 22.7. The Morgan fingerprint density at radius 2 is 1.62 bits per heavy atom. The SMILES string of the molecule is COc1ccccc1C(=O)COC(=O)c1ccc(N2C(=O)CC(N3CCN(c4cccc(Cl)c4)CC3)C2=O)cc1. The Morgan fingerprint density at radius 1 is 0.900 bits per heavy atom. The van der Waals surface area contributed by atoms with Crippen molar-refractivity contribution in [2.45, 2.75) is 12.5 Å². The Kier molecular flexibility index (Phi) is 8.14. The maximum Gasteiger partial charge on any atom is 0.338 e. The highest BCUT2D eigenvalue weighted by Gasteiger charge is 2.43. The molecular weight excluding hydrogens is 534 g/mol. The Labute approximate surface area is 236 Å². The first-order chi connectivity index (χ1) is 19.4. The van der Waals surface area contributed by atoms with E-state index >= 15 is 0 Å². The van der Waals surface area contributed by atoms with E-state index in [0.717, 1.165) is 5.69 Å². The van der Waals surface area contributed by atoms with Crippen LogP contribution in [0.1, 0.15) is 27.1 Å². The van der Waals surface area contributed by atoms with Crippen LogP contribution in [0.25, 0.3) is 0 Å². The van der Waals surface area contributed by atoms with E-state index in [2.05, 4.69) is 4.90 Å². The number of imide groups is 1. The number of ketones is 1. The number of carbonyl (C=O) groups excluding carboxylic acids is 4. The molecule has 2 aliphatic heterocycles. The fourth-order valence-corrected chi connectivity index (χ4v) is 5.24. The third kappa shape index (κ3) is 5.71. The zero-order chi connectivity index (χ0) is 28.2. The standard InChI is InChI=1S/C30H28ClN3O6/c1-39-27-8-3-2-7-24(27)26(35)19-40-30(38)20-9-11-22(12-10-20)34-28(36)18-25(29(34)37)33-15-13-32(14-16-33)23-6-4-5-21(31)17-23/h2-12,17,25H,13-16,18-19H2,1H3. The molecule has 2 amide bonds. The summed E-state index contributed by atoms with van der Waals surface area (Å²) in [6.45, 7) is 2.27. The molecule has 1 unspecified atom stereocenters. The summed E-state index contributed by atoms with van der Waals surface area (Å²) < 4.78 is 10.4. The van der Waals surface area contributed by atoms with Crippen LogP contribution in [0.4, 0.5) is 11.4 Å². The highest BCUT2D eigenvalue weighted by molar-refractivity contribution is 6.30. The highest BCUT2D eigenvalue weighted by atomic mass is 35.5. The average Bonchev–Trinajstić information content (AvgIpc) is 3.29. The second-order valence-electron chi connectivity index (χ2n) is 9.54. The third-order valence-corrected chi connectivity index (χ3v) is 7.39. The van der Waals surface area contributed by atoms with Gasteiger partial charge in [-0.3, -0.25) is 19.3 Å². The maximum atomic E-state index is 13.3. The molecule has 2 aliphatic rings. The van der Waals surface area contributed by atoms with E-state index in [1.165, 1.54) is 36.3 Å². The molecule has 3 aromatic rings. The second kappa shape index (κ2) is 11.9. The molecule has 0 N–H and O–H groups in total. The van der Waals surface area contributed by atoms with Crippen LogP contribution in [0.15, 0.2) is 72.8 Å². The van der Waals surface area contributed by atoms with Gasteiger partial charge in [-0.2, -0.15) is 0 Å². The molecule has 2 saturated heterocycles. The summed E-state index contributed by atoms with van der Waals surface area (Å²) in [4.78, 5) is 56.6. The van der Waals surface area contributed by atoms with Crippen molar-refractivity contribution in [3.8, 4) is 5.75 Å². The number of rotatable bonds is 8. The molecule has 0 spiro atoms. The molecule has 0 aromatic heterocycles. The van der Waals surface area contributed by atoms with E-state index in [-0.39, 0.29) is 23.8 Å². The Hall–Kier alpha value is -4.21. The molecule has 0 bridgehead atoms. The summed E-state index contributed by atoms with van der Waals surface area (Å²) in [6, 6.07) is 19.8. The van der Waals surface area contributed by atoms with Crippen LogP contribution < -0.4 is 14.5 Å². The number of esters is 1. The van der Waals surface area contributed by atoms with Crippen molar-refractivity contribution in [3.63, 3.8) is 0 Å². The van der Waals surface area contributed by atoms with Crippen molar-refractivity contribution in [1.82, 2.24) is 4.90 Å². The molecule has 10 heteroatoms. The predicted molar refractivity (Wildman–Crippen MR) is 150 cm³/mol. The molecule has 40 heavy (non-hydrogen) atoms. The third-order valence-electron chi connectivity index (χ3n) is 7.15. The van der Waals surface area contributed by atoms with Crippen molar-refractivity contribution in [3.05, 3.63) is 88.9 Å². The van der Waals surface area contributed by atoms with E-state index in [9.17, 15) is 19.2 Å². The molecule has 9 nitrogen and oxygen atoms in total. The predicted octanol–water partition coefficient (Wildman–Crippen LogP) is 3.84. The molecule has 5 rings (SSSR count). The number of methoxy groups -OCH3 is 1. The molecule has 0 aliphatic carbocycles. The fraction of sp³-hybridized carbons (Fsp3) is 0.267. The van der Waals surface area contributed by atoms with Gasteiger partial charge in [0.15, 0.2) is 6.61 Å². The minimum atomic E-state index is -0.690. The number of halogens is 1. The van der Waals surface area contributed by atoms with Gasteiger partial charge in [0.25, 0.3) is 5.91 Å². The van der Waals surface area contributed by atoms with Gasteiger partial charge in [-0.05, 0) is 54.6 Å². The van der Waals surface area contributed by atoms with Crippen molar-refractivity contribution >= 4 is 46.5 Å². The summed E-state index contributed by atoms with van der Waals surface area (Å²) in [7, 11) is 1.46. The number of amides is 2. The van der Waals surface area contributed by atoms with E-state index in [0.29, 0.717) is 48.2 Å². The lowest BCUT2D eigenvalue weighted by atomic mass is 10.1. The molecule has 2 fully saturated rings. The first-order valence-electron chi connectivity index (χ1n) is 12.9. The first kappa shape index (κ1) is 27.4. The monoisotopic (exact) mass is 561 g/mol. The normalized spacial score (nSPS) is 17.7. The number of hydrogen-bond donors (Lipinski definition) is 0. The minimum Gasteiger partial charge on any atom is -0.496 e. The first-order valence-corrected chi connectivity index (χ1v) is 13.3. The summed E-state index contributed by atoms with van der Waals surface area (Å²) in [5.41, 5.74) is 1.94. The number of para-hydroxylation sites is 1. The molecule has 3 aromatic carbocycles. The highest BCUT2D eigenvalue weighted by Crippen LogP contribution is 2.28. The van der Waals surface area contributed by atoms with Gasteiger partial charge in [0, 0.05) is 36.9 Å². The number of anilines is 2. The number of piperazine rings is 1. The second-order valence-corrected chi connectivity index (χ2v) is 9.97. The Bertz CT molecular complexity index is 1440. The van der Waals surface area contributed by atoms with Crippen molar-refractivity contribution in [2.75, 3.05) is 49.7 Å². The van der Waals surface area contributed by atoms with Crippen molar-refractivity contribution in [2.24, 2.45) is 0 Å². The van der Waals surface area contributed by atoms with Crippen LogP contribution >= 0.6 is 11.6 Å². The van der Waals surface area contributed by atoms with E-state index < -0.39 is 24.4 Å². The number of hydrogen-bond acceptors (Lipinski definition) is 8. The topological polar surface area (TPSA) is 96.5 Å². The van der Waals surface area contributed by atoms with Crippen LogP contribution in [0.3, 0.4) is 0 Å². The van der Waals surface area contributed by atoms with E-state index in [4.69, 9.17) is 21.1 Å². The quantitative estimate of drug-likeness (QED) is 0.232. The average molecular weight is 562 g/mol. The summed E-state index contributed by atoms with van der Waals surface area (Å²) in [5, 5.41) is 0.674. The lowest BCUT2D eigenvalue weighted by Gasteiger charge is -2.38. The molecule has 2 heterocycles. The van der Waals surface area contributed by atoms with Crippen LogP contribution in [-0.2, 0) is 14.3 Å². The smallest absolute Gasteiger partial charge is 0.338 e. The van der Waals surface area contributed by atoms with Crippen LogP contribution in [0, 0.1) is 0 Å². The molecular formula is C30H28ClN3O6. The van der Waals surface area contributed by atoms with Gasteiger partial charge < -0.3 is 14.4 Å². The minimum absolute atomic E-state index is 0.102. The number of nitrogens with zero attached hydrogens (tertiary/aromatic N) is 3. The van der Waals surface area contributed by atoms with Crippen LogP contribution in [0.5, 0.6) is 5.75 Å². The maximum absolute atomic E-state index is 13.3. The molecule has 0 radical (unpaired) electrons. The van der Waals surface area contributed by atoms with Crippen LogP contribution in [0.2, 0.25) is 5.02 Å². The van der Waals surface area contributed by atoms with Gasteiger partial charge in [-0.25, -0.2) is 9.69 Å². The summed E-state index contributed by atoms with van der Waals surface area (Å²) in [5.74, 6) is -1.25. The van der Waals surface area contributed by atoms with Gasteiger partial charge in [0.1, 0.15) is 5.75 Å². The van der Waals surface area contributed by atoms with Gasteiger partial charge in [0.05, 0.1) is 36.4 Å². The summed E-state index contributed by atoms with van der Waals surface area (Å²) >= 11 is 6.13. The largest absolute Gasteiger partial charge is 0.496 e. The fourth-order valence-electron chi connectivity index (χ4n) is 5.05. The van der Waals surface area contributed by atoms with Gasteiger partial charge in [0.2, 0.25) is 11.7 Å². The zero-order valence-electron chi connectivity index (χ0n) is 21.9. The molecule has 0 saturated carbocycles. The molecule has 206 valence electrons. The lowest BCUT2D eigenvalue weighted by Crippen LogP contribution is -2.52. The van der Waals surface area contributed by atoms with Crippen molar-refractivity contribution < 1.29 is 28.7 Å². The van der Waals surface area contributed by atoms with Crippen LogP contribution in [-0.4, -0.2) is 74.4 Å². The molecule has 1 atom stereocenters. The van der Waals surface area contributed by atoms with Gasteiger partial charge >= 0.3 is 5.97 Å². The number of ether oxygens (including phenoxy) is 2. The Morgan fingerprint density at radius 3 is 2.33 bits per heavy atom. The number of benzene rings is 3. The van der Waals surface area contributed by atoms with E-state index in [1.807, 2.05) is 29.2 Å².